The van der Waals surface area contributed by atoms with Crippen molar-refractivity contribution >= 4 is 46.8 Å². The number of nitro groups is 2. The number of nitrogens with zero attached hydrogens (tertiary/aromatic N) is 6. The van der Waals surface area contributed by atoms with Gasteiger partial charge in [0.25, 0.3) is 11.4 Å². The van der Waals surface area contributed by atoms with Crippen molar-refractivity contribution in [1.29, 1.82) is 0 Å². The summed E-state index contributed by atoms with van der Waals surface area (Å²) in [7, 11) is 0. The molecule has 2 heterocycles. The number of anilines is 5. The predicted octanol–water partition coefficient (Wildman–Crippen LogP) is 5.88. The Labute approximate surface area is 225 Å². The van der Waals surface area contributed by atoms with Crippen LogP contribution in [0.4, 0.5) is 40.6 Å². The quantitative estimate of drug-likeness (QED) is 0.110. The number of furan rings is 1. The molecule has 0 fully saturated rings. The van der Waals surface area contributed by atoms with Gasteiger partial charge in [-0.25, -0.2) is 5.43 Å². The second kappa shape index (κ2) is 11.5. The smallest absolute Gasteiger partial charge is 0.270 e. The zero-order valence-electron chi connectivity index (χ0n) is 20.5. The monoisotopic (exact) mass is 537 g/mol. The van der Waals surface area contributed by atoms with Crippen LogP contribution >= 0.6 is 0 Å². The van der Waals surface area contributed by atoms with E-state index in [0.29, 0.717) is 22.8 Å². The van der Waals surface area contributed by atoms with Crippen molar-refractivity contribution in [3.05, 3.63) is 117 Å². The molecule has 0 unspecified atom stereocenters. The largest absolute Gasteiger partial charge is 0.455 e. The minimum Gasteiger partial charge on any atom is -0.455 e. The average molecular weight is 537 g/mol. The highest BCUT2D eigenvalue weighted by Gasteiger charge is 2.11. The first-order valence-electron chi connectivity index (χ1n) is 11.7. The molecule has 40 heavy (non-hydrogen) atoms. The summed E-state index contributed by atoms with van der Waals surface area (Å²) in [5.41, 5.74) is 4.47. The Morgan fingerprint density at radius 1 is 0.700 bits per heavy atom. The van der Waals surface area contributed by atoms with E-state index in [-0.39, 0.29) is 29.2 Å². The zero-order chi connectivity index (χ0) is 27.9. The molecule has 0 aliphatic rings. The lowest BCUT2D eigenvalue weighted by Gasteiger charge is -2.10. The molecule has 5 aromatic rings. The molecule has 0 amide bonds. The number of rotatable bonds is 10. The highest BCUT2D eigenvalue weighted by molar-refractivity contribution is 5.78. The summed E-state index contributed by atoms with van der Waals surface area (Å²) in [6, 6.07) is 24.5. The maximum absolute atomic E-state index is 11.1. The fraction of sp³-hybridized carbons (Fsp3) is 0. The number of hydrogen-bond donors (Lipinski definition) is 3. The lowest BCUT2D eigenvalue weighted by molar-refractivity contribution is -0.385. The number of benzene rings is 3. The van der Waals surface area contributed by atoms with E-state index >= 15 is 0 Å². The third kappa shape index (κ3) is 6.38. The lowest BCUT2D eigenvalue weighted by atomic mass is 10.1. The summed E-state index contributed by atoms with van der Waals surface area (Å²) >= 11 is 0. The van der Waals surface area contributed by atoms with Crippen molar-refractivity contribution < 1.29 is 14.3 Å². The lowest BCUT2D eigenvalue weighted by Crippen LogP contribution is -2.07. The minimum absolute atomic E-state index is 0.0429. The second-order valence-electron chi connectivity index (χ2n) is 8.11. The van der Waals surface area contributed by atoms with E-state index in [0.717, 1.165) is 5.69 Å². The van der Waals surface area contributed by atoms with E-state index in [1.54, 1.807) is 24.3 Å². The number of nitrogens with one attached hydrogen (secondary N) is 3. The maximum atomic E-state index is 11.1. The third-order valence-corrected chi connectivity index (χ3v) is 5.32. The minimum atomic E-state index is -0.486. The number of para-hydroxylation sites is 1. The van der Waals surface area contributed by atoms with Gasteiger partial charge in [-0.15, -0.1) is 0 Å². The first-order valence-corrected chi connectivity index (χ1v) is 11.7. The summed E-state index contributed by atoms with van der Waals surface area (Å²) in [5.74, 6) is 1.30. The van der Waals surface area contributed by atoms with Crippen molar-refractivity contribution in [2.75, 3.05) is 16.1 Å². The molecule has 198 valence electrons. The molecule has 0 atom stereocenters. The van der Waals surface area contributed by atoms with Gasteiger partial charge in [0.15, 0.2) is 0 Å². The van der Waals surface area contributed by atoms with Crippen molar-refractivity contribution in [1.82, 2.24) is 15.0 Å². The SMILES string of the molecule is O=[N+]([O-])c1ccc(Nc2nc(N/N=C\c3ccc(-c4cccc([N+](=O)[O-])c4)o3)nc(Nc3ccccc3)n2)cc1. The van der Waals surface area contributed by atoms with E-state index in [9.17, 15) is 20.2 Å². The van der Waals surface area contributed by atoms with Gasteiger partial charge in [-0.05, 0) is 36.4 Å². The summed E-state index contributed by atoms with van der Waals surface area (Å²) in [6.07, 6.45) is 1.40. The van der Waals surface area contributed by atoms with Crippen molar-refractivity contribution in [3.63, 3.8) is 0 Å². The van der Waals surface area contributed by atoms with E-state index in [4.69, 9.17) is 4.42 Å². The molecule has 14 nitrogen and oxygen atoms in total. The summed E-state index contributed by atoms with van der Waals surface area (Å²) < 4.78 is 5.74. The van der Waals surface area contributed by atoms with Crippen LogP contribution in [0.3, 0.4) is 0 Å². The van der Waals surface area contributed by atoms with Crippen LogP contribution in [-0.4, -0.2) is 31.0 Å². The number of hydrazone groups is 1. The maximum Gasteiger partial charge on any atom is 0.270 e. The van der Waals surface area contributed by atoms with E-state index < -0.39 is 9.85 Å². The third-order valence-electron chi connectivity index (χ3n) is 5.32. The van der Waals surface area contributed by atoms with Gasteiger partial charge < -0.3 is 15.1 Å². The fourth-order valence-electron chi connectivity index (χ4n) is 3.49. The topological polar surface area (TPSA) is 187 Å². The van der Waals surface area contributed by atoms with Crippen LogP contribution in [0.5, 0.6) is 0 Å². The summed E-state index contributed by atoms with van der Waals surface area (Å²) in [6.45, 7) is 0. The molecule has 14 heteroatoms. The number of hydrogen-bond acceptors (Lipinski definition) is 12. The molecule has 3 N–H and O–H groups in total. The highest BCUT2D eigenvalue weighted by atomic mass is 16.6. The first kappa shape index (κ1) is 25.5. The molecule has 0 saturated heterocycles. The Morgan fingerprint density at radius 3 is 2.02 bits per heavy atom. The normalized spacial score (nSPS) is 10.8. The average Bonchev–Trinajstić information content (AvgIpc) is 3.43. The Kier molecular flexibility index (Phi) is 7.30. The molecule has 3 aromatic carbocycles. The van der Waals surface area contributed by atoms with E-state index in [2.05, 4.69) is 36.1 Å². The van der Waals surface area contributed by atoms with Gasteiger partial charge in [-0.1, -0.05) is 30.3 Å². The Balaban J connectivity index is 1.34. The van der Waals surface area contributed by atoms with Crippen LogP contribution in [0.15, 0.2) is 101 Å². The fourth-order valence-corrected chi connectivity index (χ4v) is 3.49. The van der Waals surface area contributed by atoms with E-state index in [1.165, 1.54) is 42.6 Å². The molecule has 0 spiro atoms. The Hall–Kier alpha value is -6.18. The number of nitro benzene ring substituents is 2. The molecule has 5 rings (SSSR count). The van der Waals surface area contributed by atoms with Crippen molar-refractivity contribution in [2.24, 2.45) is 5.10 Å². The summed E-state index contributed by atoms with van der Waals surface area (Å²) in [5, 5.41) is 32.2. The Morgan fingerprint density at radius 2 is 1.35 bits per heavy atom. The van der Waals surface area contributed by atoms with Crippen LogP contribution in [0, 0.1) is 20.2 Å². The molecular formula is C26H19N9O5. The predicted molar refractivity (Wildman–Crippen MR) is 148 cm³/mol. The van der Waals surface area contributed by atoms with Gasteiger partial charge in [-0.3, -0.25) is 20.2 Å². The van der Waals surface area contributed by atoms with Gasteiger partial charge in [0, 0.05) is 41.2 Å². The molecule has 0 aliphatic carbocycles. The van der Waals surface area contributed by atoms with Gasteiger partial charge in [0.2, 0.25) is 17.8 Å². The van der Waals surface area contributed by atoms with Gasteiger partial charge in [-0.2, -0.15) is 20.1 Å². The molecule has 0 radical (unpaired) electrons. The van der Waals surface area contributed by atoms with Crippen LogP contribution in [0.25, 0.3) is 11.3 Å². The molecule has 0 aliphatic heterocycles. The summed E-state index contributed by atoms with van der Waals surface area (Å²) in [4.78, 5) is 34.0. The van der Waals surface area contributed by atoms with Crippen molar-refractivity contribution in [3.8, 4) is 11.3 Å². The second-order valence-corrected chi connectivity index (χ2v) is 8.11. The van der Waals surface area contributed by atoms with Gasteiger partial charge in [0.05, 0.1) is 16.1 Å². The van der Waals surface area contributed by atoms with Crippen LogP contribution in [0.2, 0.25) is 0 Å². The van der Waals surface area contributed by atoms with Crippen LogP contribution in [0.1, 0.15) is 5.76 Å². The van der Waals surface area contributed by atoms with Gasteiger partial charge in [0.1, 0.15) is 11.5 Å². The highest BCUT2D eigenvalue weighted by Crippen LogP contribution is 2.25. The molecule has 2 aromatic heterocycles. The number of aromatic nitrogens is 3. The standard InChI is InChI=1S/C26H19N9O5/c36-34(37)20-11-9-19(10-12-20)29-25-30-24(28-18-6-2-1-3-7-18)31-26(32-25)33-27-16-22-13-14-23(40-22)17-5-4-8-21(15-17)35(38)39/h1-16H,(H3,28,29,30,31,32,33)/b27-16-. The van der Waals surface area contributed by atoms with Crippen molar-refractivity contribution in [2.45, 2.75) is 0 Å². The van der Waals surface area contributed by atoms with Crippen LogP contribution < -0.4 is 16.1 Å². The molecular weight excluding hydrogens is 518 g/mol. The Bertz CT molecular complexity index is 1690. The van der Waals surface area contributed by atoms with Crippen LogP contribution in [-0.2, 0) is 0 Å². The van der Waals surface area contributed by atoms with E-state index in [1.807, 2.05) is 30.3 Å². The zero-order valence-corrected chi connectivity index (χ0v) is 20.5. The first-order chi connectivity index (χ1) is 19.4. The molecule has 0 saturated carbocycles. The molecule has 0 bridgehead atoms. The number of non-ortho nitro benzene ring substituents is 2. The van der Waals surface area contributed by atoms with Gasteiger partial charge >= 0.3 is 0 Å².